The maximum absolute atomic E-state index is 5.81. The normalized spacial score (nSPS) is 20.9. The summed E-state index contributed by atoms with van der Waals surface area (Å²) in [7, 11) is 2.11. The average Bonchev–Trinajstić information content (AvgIpc) is 2.36. The molecule has 0 spiro atoms. The highest BCUT2D eigenvalue weighted by Gasteiger charge is 2.16. The van der Waals surface area contributed by atoms with Crippen molar-refractivity contribution in [3.8, 4) is 0 Å². The Hall–Kier alpha value is -0.0800. The molecule has 1 aliphatic rings. The smallest absolute Gasteiger partial charge is 0.188 e. The van der Waals surface area contributed by atoms with Crippen molar-refractivity contribution in [2.24, 2.45) is 10.7 Å². The molecule has 3 N–H and O–H groups in total. The summed E-state index contributed by atoms with van der Waals surface area (Å²) in [5, 5.41) is 3.15. The first-order valence-corrected chi connectivity index (χ1v) is 7.06. The minimum absolute atomic E-state index is 0. The Morgan fingerprint density at radius 1 is 1.42 bits per heavy atom. The van der Waals surface area contributed by atoms with E-state index in [-0.39, 0.29) is 30.1 Å². The fourth-order valence-electron chi connectivity index (χ4n) is 2.00. The van der Waals surface area contributed by atoms with Crippen LogP contribution in [0.1, 0.15) is 32.6 Å². The minimum atomic E-state index is 0. The van der Waals surface area contributed by atoms with E-state index in [1.807, 2.05) is 0 Å². The van der Waals surface area contributed by atoms with Crippen molar-refractivity contribution in [1.82, 2.24) is 10.2 Å². The van der Waals surface area contributed by atoms with Gasteiger partial charge in [-0.05, 0) is 13.5 Å². The van der Waals surface area contributed by atoms with Gasteiger partial charge in [0.2, 0.25) is 0 Å². The molecule has 6 heteroatoms. The Kier molecular flexibility index (Phi) is 11.7. The van der Waals surface area contributed by atoms with Gasteiger partial charge < -0.3 is 20.7 Å². The zero-order valence-corrected chi connectivity index (χ0v) is 14.6. The van der Waals surface area contributed by atoms with Crippen LogP contribution in [0.5, 0.6) is 0 Å². The topological polar surface area (TPSA) is 62.9 Å². The van der Waals surface area contributed by atoms with Gasteiger partial charge >= 0.3 is 0 Å². The molecule has 0 aliphatic carbocycles. The number of halogens is 1. The molecule has 19 heavy (non-hydrogen) atoms. The van der Waals surface area contributed by atoms with Gasteiger partial charge in [-0.3, -0.25) is 4.99 Å². The van der Waals surface area contributed by atoms with Gasteiger partial charge in [-0.15, -0.1) is 24.0 Å². The van der Waals surface area contributed by atoms with Crippen molar-refractivity contribution >= 4 is 29.9 Å². The van der Waals surface area contributed by atoms with Gasteiger partial charge in [0.25, 0.3) is 0 Å². The second-order valence-corrected chi connectivity index (χ2v) is 4.97. The van der Waals surface area contributed by atoms with Crippen molar-refractivity contribution in [2.45, 2.75) is 38.7 Å². The van der Waals surface area contributed by atoms with Gasteiger partial charge in [0.05, 0.1) is 19.3 Å². The molecular weight excluding hydrogens is 355 g/mol. The van der Waals surface area contributed by atoms with Crippen molar-refractivity contribution in [1.29, 1.82) is 0 Å². The number of nitrogens with zero attached hydrogens (tertiary/aromatic N) is 2. The molecule has 1 saturated heterocycles. The van der Waals surface area contributed by atoms with Crippen LogP contribution in [0, 0.1) is 0 Å². The third-order valence-corrected chi connectivity index (χ3v) is 3.14. The molecule has 0 aromatic heterocycles. The number of nitrogens with one attached hydrogen (secondary N) is 1. The van der Waals surface area contributed by atoms with Crippen LogP contribution in [0.25, 0.3) is 0 Å². The van der Waals surface area contributed by atoms with Gasteiger partial charge in [-0.2, -0.15) is 0 Å². The zero-order valence-electron chi connectivity index (χ0n) is 12.2. The highest BCUT2D eigenvalue weighted by Crippen LogP contribution is 2.02. The molecular formula is C13H29IN4O. The van der Waals surface area contributed by atoms with E-state index in [2.05, 4.69) is 29.2 Å². The molecule has 0 radical (unpaired) electrons. The molecule has 114 valence electrons. The molecule has 1 fully saturated rings. The first-order chi connectivity index (χ1) is 8.72. The fraction of sp³-hybridized carbons (Fsp3) is 0.923. The molecule has 5 nitrogen and oxygen atoms in total. The summed E-state index contributed by atoms with van der Waals surface area (Å²) in [6.45, 7) is 6.52. The number of hydrogen-bond donors (Lipinski definition) is 2. The number of hydrogen-bond acceptors (Lipinski definition) is 3. The molecule has 0 amide bonds. The monoisotopic (exact) mass is 384 g/mol. The third kappa shape index (κ3) is 9.45. The predicted octanol–water partition coefficient (Wildman–Crippen LogP) is 1.42. The van der Waals surface area contributed by atoms with E-state index in [1.165, 1.54) is 19.3 Å². The molecule has 1 rings (SSSR count). The second kappa shape index (κ2) is 11.7. The largest absolute Gasteiger partial charge is 0.374 e. The van der Waals surface area contributed by atoms with E-state index < -0.39 is 0 Å². The van der Waals surface area contributed by atoms with Gasteiger partial charge in [0.1, 0.15) is 0 Å². The van der Waals surface area contributed by atoms with E-state index >= 15 is 0 Å². The van der Waals surface area contributed by atoms with Gasteiger partial charge in [0.15, 0.2) is 5.96 Å². The first-order valence-electron chi connectivity index (χ1n) is 7.06. The minimum Gasteiger partial charge on any atom is -0.374 e. The molecule has 0 aromatic carbocycles. The van der Waals surface area contributed by atoms with Crippen LogP contribution < -0.4 is 11.1 Å². The van der Waals surface area contributed by atoms with Crippen LogP contribution in [0.3, 0.4) is 0 Å². The molecule has 0 saturated carbocycles. The van der Waals surface area contributed by atoms with E-state index in [4.69, 9.17) is 10.5 Å². The van der Waals surface area contributed by atoms with Crippen LogP contribution in [-0.2, 0) is 4.74 Å². The summed E-state index contributed by atoms with van der Waals surface area (Å²) < 4.78 is 5.62. The average molecular weight is 384 g/mol. The molecule has 1 unspecified atom stereocenters. The van der Waals surface area contributed by atoms with Gasteiger partial charge in [0, 0.05) is 19.6 Å². The quantitative estimate of drug-likeness (QED) is 0.302. The number of ether oxygens (including phenoxy) is 1. The highest BCUT2D eigenvalue weighted by atomic mass is 127. The number of likely N-dealkylation sites (N-methyl/N-ethyl adjacent to an activating group) is 1. The molecule has 1 atom stereocenters. The predicted molar refractivity (Wildman–Crippen MR) is 91.3 cm³/mol. The lowest BCUT2D eigenvalue weighted by Gasteiger charge is -2.29. The summed E-state index contributed by atoms with van der Waals surface area (Å²) in [5.74, 6) is 0.545. The molecule has 0 bridgehead atoms. The van der Waals surface area contributed by atoms with Crippen LogP contribution in [0.15, 0.2) is 4.99 Å². The standard InChI is InChI=1S/C13H28N4O.HI/c1-3-4-5-6-7-15-13(14)16-10-12-11-17(2)8-9-18-12;/h12H,3-11H2,1-2H3,(H3,14,15,16);1H. The lowest BCUT2D eigenvalue weighted by atomic mass is 10.2. The summed E-state index contributed by atoms with van der Waals surface area (Å²) in [4.78, 5) is 6.59. The number of nitrogens with two attached hydrogens (primary N) is 1. The first kappa shape index (κ1) is 18.9. The van der Waals surface area contributed by atoms with E-state index in [0.717, 1.165) is 32.7 Å². The number of guanidine groups is 1. The highest BCUT2D eigenvalue weighted by molar-refractivity contribution is 14.0. The third-order valence-electron chi connectivity index (χ3n) is 3.14. The van der Waals surface area contributed by atoms with Crippen LogP contribution in [0.2, 0.25) is 0 Å². The van der Waals surface area contributed by atoms with Crippen LogP contribution in [-0.4, -0.2) is 56.8 Å². The number of rotatable bonds is 7. The lowest BCUT2D eigenvalue weighted by molar-refractivity contribution is -0.0136. The summed E-state index contributed by atoms with van der Waals surface area (Å²) in [6, 6.07) is 0. The van der Waals surface area contributed by atoms with E-state index in [9.17, 15) is 0 Å². The Bertz CT molecular complexity index is 251. The van der Waals surface area contributed by atoms with Gasteiger partial charge in [-0.25, -0.2) is 0 Å². The number of aliphatic imine (C=N–C) groups is 1. The number of unbranched alkanes of at least 4 members (excludes halogenated alkanes) is 3. The Morgan fingerprint density at radius 2 is 2.21 bits per heavy atom. The molecule has 1 heterocycles. The summed E-state index contributed by atoms with van der Waals surface area (Å²) in [5.41, 5.74) is 5.81. The summed E-state index contributed by atoms with van der Waals surface area (Å²) in [6.07, 6.45) is 5.15. The Labute approximate surface area is 134 Å². The Morgan fingerprint density at radius 3 is 2.89 bits per heavy atom. The maximum Gasteiger partial charge on any atom is 0.188 e. The van der Waals surface area contributed by atoms with Crippen molar-refractivity contribution in [3.05, 3.63) is 0 Å². The van der Waals surface area contributed by atoms with Crippen molar-refractivity contribution in [3.63, 3.8) is 0 Å². The van der Waals surface area contributed by atoms with Crippen molar-refractivity contribution in [2.75, 3.05) is 39.8 Å². The zero-order chi connectivity index (χ0) is 13.2. The molecule has 0 aromatic rings. The van der Waals surface area contributed by atoms with Gasteiger partial charge in [-0.1, -0.05) is 26.2 Å². The van der Waals surface area contributed by atoms with Crippen molar-refractivity contribution < 1.29 is 4.74 Å². The van der Waals surface area contributed by atoms with Crippen LogP contribution in [0.4, 0.5) is 0 Å². The number of morpholine rings is 1. The van der Waals surface area contributed by atoms with Crippen LogP contribution >= 0.6 is 24.0 Å². The molecule has 1 aliphatic heterocycles. The fourth-order valence-corrected chi connectivity index (χ4v) is 2.00. The van der Waals surface area contributed by atoms with E-state index in [0.29, 0.717) is 12.5 Å². The Balaban J connectivity index is 0.00000324. The SMILES string of the molecule is CCCCCCNC(N)=NCC1CN(C)CCO1.I. The lowest BCUT2D eigenvalue weighted by Crippen LogP contribution is -2.42. The second-order valence-electron chi connectivity index (χ2n) is 4.97. The summed E-state index contributed by atoms with van der Waals surface area (Å²) >= 11 is 0. The van der Waals surface area contributed by atoms with E-state index in [1.54, 1.807) is 0 Å². The maximum atomic E-state index is 5.81.